The Morgan fingerprint density at radius 1 is 1.31 bits per heavy atom. The first kappa shape index (κ1) is 19.3. The molecule has 2 fully saturated rings. The van der Waals surface area contributed by atoms with Crippen molar-refractivity contribution >= 4 is 5.91 Å². The number of likely N-dealkylation sites (N-methyl/N-ethyl adjacent to an activating group) is 1. The molecule has 144 valence electrons. The standard InChI is InChI=1S/C21H33N3O2/c1-17-8-6-12-22-19(17)15-23(2)16-21(26)11-7-13-24(20(21)25)14-18-9-4-3-5-10-18/h6,8,12,18,26H,3-5,7,9-11,13-16H2,1-2H3. The zero-order valence-corrected chi connectivity index (χ0v) is 16.3. The summed E-state index contributed by atoms with van der Waals surface area (Å²) in [5.41, 5.74) is 0.880. The highest BCUT2D eigenvalue weighted by molar-refractivity contribution is 5.86. The third-order valence-corrected chi connectivity index (χ3v) is 5.98. The van der Waals surface area contributed by atoms with Crippen LogP contribution in [0.3, 0.4) is 0 Å². The van der Waals surface area contributed by atoms with Crippen LogP contribution >= 0.6 is 0 Å². The highest BCUT2D eigenvalue weighted by Crippen LogP contribution is 2.29. The van der Waals surface area contributed by atoms with Crippen LogP contribution in [0.15, 0.2) is 18.3 Å². The number of likely N-dealkylation sites (tertiary alicyclic amines) is 1. The van der Waals surface area contributed by atoms with Crippen LogP contribution in [0.2, 0.25) is 0 Å². The van der Waals surface area contributed by atoms with Gasteiger partial charge < -0.3 is 10.0 Å². The molecule has 26 heavy (non-hydrogen) atoms. The fourth-order valence-corrected chi connectivity index (χ4v) is 4.51. The summed E-state index contributed by atoms with van der Waals surface area (Å²) in [5.74, 6) is 0.544. The number of carbonyl (C=O) groups excluding carboxylic acids is 1. The van der Waals surface area contributed by atoms with E-state index in [-0.39, 0.29) is 5.91 Å². The fourth-order valence-electron chi connectivity index (χ4n) is 4.51. The van der Waals surface area contributed by atoms with Gasteiger partial charge in [-0.25, -0.2) is 0 Å². The Bertz CT molecular complexity index is 615. The summed E-state index contributed by atoms with van der Waals surface area (Å²) in [7, 11) is 1.96. The number of hydrogen-bond acceptors (Lipinski definition) is 4. The number of carbonyl (C=O) groups is 1. The van der Waals surface area contributed by atoms with Gasteiger partial charge in [0.1, 0.15) is 0 Å². The van der Waals surface area contributed by atoms with E-state index in [1.807, 2.05) is 35.9 Å². The van der Waals surface area contributed by atoms with Gasteiger partial charge in [-0.05, 0) is 57.2 Å². The minimum absolute atomic E-state index is 0.0704. The lowest BCUT2D eigenvalue weighted by Crippen LogP contribution is -2.58. The van der Waals surface area contributed by atoms with Gasteiger partial charge in [-0.2, -0.15) is 0 Å². The van der Waals surface area contributed by atoms with E-state index < -0.39 is 5.60 Å². The van der Waals surface area contributed by atoms with Gasteiger partial charge in [-0.3, -0.25) is 14.7 Å². The van der Waals surface area contributed by atoms with Crippen LogP contribution in [0.4, 0.5) is 0 Å². The average Bonchev–Trinajstić information content (AvgIpc) is 2.62. The minimum atomic E-state index is -1.26. The average molecular weight is 360 g/mol. The molecule has 2 aliphatic rings. The Labute approximate surface area is 157 Å². The number of aliphatic hydroxyl groups is 1. The molecule has 1 aliphatic heterocycles. The Balaban J connectivity index is 1.60. The number of piperidine rings is 1. The van der Waals surface area contributed by atoms with Crippen LogP contribution in [0.1, 0.15) is 56.2 Å². The Morgan fingerprint density at radius 3 is 2.81 bits per heavy atom. The van der Waals surface area contributed by atoms with E-state index in [0.717, 1.165) is 30.8 Å². The largest absolute Gasteiger partial charge is 0.379 e. The van der Waals surface area contributed by atoms with Crippen LogP contribution in [-0.4, -0.2) is 58.1 Å². The molecule has 5 nitrogen and oxygen atoms in total. The lowest BCUT2D eigenvalue weighted by Gasteiger charge is -2.41. The number of aryl methyl sites for hydroxylation is 1. The van der Waals surface area contributed by atoms with Gasteiger partial charge >= 0.3 is 0 Å². The molecule has 3 rings (SSSR count). The van der Waals surface area contributed by atoms with E-state index in [4.69, 9.17) is 0 Å². The summed E-state index contributed by atoms with van der Waals surface area (Å²) < 4.78 is 0. The zero-order valence-electron chi connectivity index (χ0n) is 16.3. The van der Waals surface area contributed by atoms with Crippen molar-refractivity contribution in [3.8, 4) is 0 Å². The lowest BCUT2D eigenvalue weighted by molar-refractivity contribution is -0.160. The van der Waals surface area contributed by atoms with E-state index in [1.54, 1.807) is 6.20 Å². The maximum atomic E-state index is 13.0. The number of nitrogens with zero attached hydrogens (tertiary/aromatic N) is 3. The number of pyridine rings is 1. The second-order valence-electron chi connectivity index (χ2n) is 8.33. The first-order valence-electron chi connectivity index (χ1n) is 10.1. The molecule has 1 N–H and O–H groups in total. The first-order valence-corrected chi connectivity index (χ1v) is 10.1. The molecule has 2 heterocycles. The van der Waals surface area contributed by atoms with Crippen LogP contribution in [0, 0.1) is 12.8 Å². The first-order chi connectivity index (χ1) is 12.5. The number of aromatic nitrogens is 1. The monoisotopic (exact) mass is 359 g/mol. The van der Waals surface area contributed by atoms with Crippen LogP contribution < -0.4 is 0 Å². The molecule has 1 aromatic rings. The fraction of sp³-hybridized carbons (Fsp3) is 0.714. The molecular formula is C21H33N3O2. The smallest absolute Gasteiger partial charge is 0.255 e. The molecule has 1 saturated carbocycles. The minimum Gasteiger partial charge on any atom is -0.379 e. The molecule has 1 aliphatic carbocycles. The summed E-state index contributed by atoms with van der Waals surface area (Å²) in [6, 6.07) is 3.97. The quantitative estimate of drug-likeness (QED) is 0.848. The van der Waals surface area contributed by atoms with Gasteiger partial charge in [0.15, 0.2) is 5.60 Å². The van der Waals surface area contributed by atoms with Crippen molar-refractivity contribution in [2.45, 2.75) is 64.0 Å². The SMILES string of the molecule is Cc1cccnc1CN(C)CC1(O)CCCN(CC2CCCCC2)C1=O. The van der Waals surface area contributed by atoms with E-state index in [1.165, 1.54) is 32.1 Å². The molecule has 0 aromatic carbocycles. The van der Waals surface area contributed by atoms with Gasteiger partial charge in [0.2, 0.25) is 0 Å². The van der Waals surface area contributed by atoms with Crippen molar-refractivity contribution in [2.75, 3.05) is 26.7 Å². The summed E-state index contributed by atoms with van der Waals surface area (Å²) >= 11 is 0. The number of rotatable bonds is 6. The zero-order chi connectivity index (χ0) is 18.6. The van der Waals surface area contributed by atoms with Gasteiger partial charge in [0.05, 0.1) is 5.69 Å². The van der Waals surface area contributed by atoms with Crippen molar-refractivity contribution in [1.82, 2.24) is 14.8 Å². The second kappa shape index (κ2) is 8.49. The molecule has 0 radical (unpaired) electrons. The Kier molecular flexibility index (Phi) is 6.30. The molecule has 1 amide bonds. The highest BCUT2D eigenvalue weighted by Gasteiger charge is 2.43. The second-order valence-corrected chi connectivity index (χ2v) is 8.33. The Morgan fingerprint density at radius 2 is 2.08 bits per heavy atom. The predicted octanol–water partition coefficient (Wildman–Crippen LogP) is 2.76. The molecule has 1 aromatic heterocycles. The predicted molar refractivity (Wildman–Crippen MR) is 103 cm³/mol. The van der Waals surface area contributed by atoms with Crippen LogP contribution in [-0.2, 0) is 11.3 Å². The highest BCUT2D eigenvalue weighted by atomic mass is 16.3. The molecule has 5 heteroatoms. The van der Waals surface area contributed by atoms with Crippen LogP contribution in [0.5, 0.6) is 0 Å². The third kappa shape index (κ3) is 4.63. The van der Waals surface area contributed by atoms with E-state index in [9.17, 15) is 9.90 Å². The summed E-state index contributed by atoms with van der Waals surface area (Å²) in [4.78, 5) is 21.4. The van der Waals surface area contributed by atoms with E-state index >= 15 is 0 Å². The van der Waals surface area contributed by atoms with Gasteiger partial charge in [0, 0.05) is 32.4 Å². The maximum Gasteiger partial charge on any atom is 0.255 e. The molecular weight excluding hydrogens is 326 g/mol. The van der Waals surface area contributed by atoms with Crippen molar-refractivity contribution in [1.29, 1.82) is 0 Å². The van der Waals surface area contributed by atoms with Gasteiger partial charge in [0.25, 0.3) is 5.91 Å². The number of amides is 1. The molecule has 0 spiro atoms. The summed E-state index contributed by atoms with van der Waals surface area (Å²) in [6.45, 7) is 4.67. The van der Waals surface area contributed by atoms with E-state index in [2.05, 4.69) is 4.98 Å². The molecule has 1 saturated heterocycles. The summed E-state index contributed by atoms with van der Waals surface area (Å²) in [6.07, 6.45) is 9.56. The topological polar surface area (TPSA) is 56.7 Å². The lowest BCUT2D eigenvalue weighted by atomic mass is 9.86. The van der Waals surface area contributed by atoms with Crippen LogP contribution in [0.25, 0.3) is 0 Å². The van der Waals surface area contributed by atoms with Crippen molar-refractivity contribution in [3.63, 3.8) is 0 Å². The normalized spacial score (nSPS) is 25.1. The van der Waals surface area contributed by atoms with Gasteiger partial charge in [-0.1, -0.05) is 25.3 Å². The molecule has 1 atom stereocenters. The maximum absolute atomic E-state index is 13.0. The molecule has 1 unspecified atom stereocenters. The van der Waals surface area contributed by atoms with Crippen molar-refractivity contribution < 1.29 is 9.90 Å². The Hall–Kier alpha value is -1.46. The van der Waals surface area contributed by atoms with E-state index in [0.29, 0.717) is 25.4 Å². The number of hydrogen-bond donors (Lipinski definition) is 1. The van der Waals surface area contributed by atoms with Gasteiger partial charge in [-0.15, -0.1) is 0 Å². The third-order valence-electron chi connectivity index (χ3n) is 5.98. The van der Waals surface area contributed by atoms with Crippen molar-refractivity contribution in [2.24, 2.45) is 5.92 Å². The molecule has 0 bridgehead atoms. The summed E-state index contributed by atoms with van der Waals surface area (Å²) in [5, 5.41) is 11.1. The van der Waals surface area contributed by atoms with Crippen molar-refractivity contribution in [3.05, 3.63) is 29.6 Å².